The van der Waals surface area contributed by atoms with Gasteiger partial charge in [0.1, 0.15) is 30.8 Å². The second-order valence-electron chi connectivity index (χ2n) is 9.54. The molecule has 1 aliphatic carbocycles. The van der Waals surface area contributed by atoms with E-state index in [1.807, 2.05) is 24.4 Å². The van der Waals surface area contributed by atoms with Crippen molar-refractivity contribution in [3.8, 4) is 5.75 Å². The van der Waals surface area contributed by atoms with Gasteiger partial charge in [0, 0.05) is 36.0 Å². The lowest BCUT2D eigenvalue weighted by Gasteiger charge is -2.21. The Hall–Kier alpha value is -3.98. The van der Waals surface area contributed by atoms with Gasteiger partial charge in [-0.2, -0.15) is 5.10 Å². The van der Waals surface area contributed by atoms with Crippen molar-refractivity contribution in [3.05, 3.63) is 90.0 Å². The Morgan fingerprint density at radius 2 is 2.13 bits per heavy atom. The molecule has 198 valence electrons. The Kier molecular flexibility index (Phi) is 8.78. The number of likely N-dealkylation sites (N-methyl/N-ethyl adjacent to an activating group) is 1. The van der Waals surface area contributed by atoms with E-state index in [2.05, 4.69) is 62.7 Å². The van der Waals surface area contributed by atoms with Crippen molar-refractivity contribution < 1.29 is 9.47 Å². The topological polar surface area (TPSA) is 89.2 Å². The Labute approximate surface area is 224 Å². The van der Waals surface area contributed by atoms with Crippen molar-refractivity contribution in [2.24, 2.45) is 9.98 Å². The van der Waals surface area contributed by atoms with Crippen molar-refractivity contribution in [3.63, 3.8) is 0 Å². The van der Waals surface area contributed by atoms with E-state index in [0.717, 1.165) is 72.8 Å². The van der Waals surface area contributed by atoms with E-state index in [9.17, 15) is 0 Å². The van der Waals surface area contributed by atoms with Crippen molar-refractivity contribution in [2.75, 3.05) is 33.4 Å². The summed E-state index contributed by atoms with van der Waals surface area (Å²) in [5.74, 6) is 2.34. The Morgan fingerprint density at radius 3 is 3.05 bits per heavy atom. The van der Waals surface area contributed by atoms with Crippen LogP contribution in [0.2, 0.25) is 0 Å². The van der Waals surface area contributed by atoms with Crippen LogP contribution in [0, 0.1) is 0 Å². The lowest BCUT2D eigenvalue weighted by Crippen LogP contribution is -2.25. The maximum Gasteiger partial charge on any atom is 0.227 e. The number of hydrogen-bond acceptors (Lipinski definition) is 8. The summed E-state index contributed by atoms with van der Waals surface area (Å²) >= 11 is 0. The fourth-order valence-corrected chi connectivity index (χ4v) is 4.55. The monoisotopic (exact) mass is 513 g/mol. The van der Waals surface area contributed by atoms with Crippen LogP contribution >= 0.6 is 0 Å². The van der Waals surface area contributed by atoms with E-state index in [0.29, 0.717) is 32.1 Å². The standard InChI is InChI=1S/C29H35N7O2/c1-35-14-3-2-4-16-37-26-10-5-8-23(19-26)27-11-7-13-31-29(34-27)33-25-9-6-12-28(24(18-25)20-35)38-17-15-36-22-30-21-32-36/h5,7-10,12-13,18-19,21-22H,2-4,6,11,14-17,20H2,1H3,(H,31,33). The molecule has 0 saturated carbocycles. The van der Waals surface area contributed by atoms with Crippen LogP contribution in [0.5, 0.6) is 5.75 Å². The van der Waals surface area contributed by atoms with Gasteiger partial charge in [-0.05, 0) is 63.6 Å². The number of ether oxygens (including phenoxy) is 2. The van der Waals surface area contributed by atoms with E-state index >= 15 is 0 Å². The van der Waals surface area contributed by atoms with Crippen LogP contribution in [-0.4, -0.2) is 64.7 Å². The van der Waals surface area contributed by atoms with Gasteiger partial charge in [0.2, 0.25) is 5.96 Å². The summed E-state index contributed by atoms with van der Waals surface area (Å²) in [6.07, 6.45) is 18.2. The second kappa shape index (κ2) is 13.0. The summed E-state index contributed by atoms with van der Waals surface area (Å²) < 4.78 is 14.1. The molecule has 2 aromatic rings. The zero-order chi connectivity index (χ0) is 26.0. The maximum atomic E-state index is 6.26. The molecule has 0 amide bonds. The van der Waals surface area contributed by atoms with Crippen LogP contribution in [0.4, 0.5) is 0 Å². The molecule has 3 aliphatic rings. The number of rotatable bonds is 4. The van der Waals surface area contributed by atoms with Crippen molar-refractivity contribution in [2.45, 2.75) is 38.6 Å². The Morgan fingerprint density at radius 1 is 1.16 bits per heavy atom. The number of guanidine groups is 1. The lowest BCUT2D eigenvalue weighted by atomic mass is 10.1. The second-order valence-corrected chi connectivity index (χ2v) is 9.54. The third-order valence-electron chi connectivity index (χ3n) is 6.50. The molecule has 9 heteroatoms. The fraction of sp³-hybridized carbons (Fsp3) is 0.379. The van der Waals surface area contributed by atoms with Crippen LogP contribution in [0.1, 0.15) is 37.7 Å². The molecule has 1 aromatic carbocycles. The highest BCUT2D eigenvalue weighted by atomic mass is 16.5. The smallest absolute Gasteiger partial charge is 0.227 e. The summed E-state index contributed by atoms with van der Waals surface area (Å²) in [6.45, 7) is 3.64. The van der Waals surface area contributed by atoms with Crippen LogP contribution < -0.4 is 10.1 Å². The van der Waals surface area contributed by atoms with Gasteiger partial charge in [0.25, 0.3) is 0 Å². The number of nitrogens with one attached hydrogen (secondary N) is 1. The predicted molar refractivity (Wildman–Crippen MR) is 149 cm³/mol. The normalized spacial score (nSPS) is 19.0. The molecule has 0 fully saturated rings. The summed E-state index contributed by atoms with van der Waals surface area (Å²) in [7, 11) is 2.16. The van der Waals surface area contributed by atoms with Crippen LogP contribution in [0.15, 0.2) is 94.4 Å². The van der Waals surface area contributed by atoms with E-state index in [4.69, 9.17) is 14.5 Å². The van der Waals surface area contributed by atoms with Crippen molar-refractivity contribution in [1.29, 1.82) is 0 Å². The third-order valence-corrected chi connectivity index (χ3v) is 6.50. The molecule has 1 N–H and O–H groups in total. The molecule has 0 atom stereocenters. The number of allylic oxidation sites excluding steroid dienone is 4. The highest BCUT2D eigenvalue weighted by molar-refractivity contribution is 6.08. The average molecular weight is 514 g/mol. The minimum atomic E-state index is 0.517. The Balaban J connectivity index is 1.39. The zero-order valence-electron chi connectivity index (χ0n) is 21.9. The molecule has 0 radical (unpaired) electrons. The third kappa shape index (κ3) is 7.29. The molecule has 3 heterocycles. The van der Waals surface area contributed by atoms with Crippen LogP contribution in [0.3, 0.4) is 0 Å². The number of fused-ring (bicyclic) bond motifs is 5. The molecule has 0 spiro atoms. The SMILES string of the molecule is CN1CCCCCOc2cccc(c2)C2=NC(=NC=CC2)NC2=CCC=C(OCCn3cncn3)C(=C2)C1. The molecule has 5 rings (SSSR count). The van der Waals surface area contributed by atoms with Crippen LogP contribution in [-0.2, 0) is 11.3 Å². The first-order chi connectivity index (χ1) is 18.7. The minimum absolute atomic E-state index is 0.517. The average Bonchev–Trinajstić information content (AvgIpc) is 3.23. The molecule has 38 heavy (non-hydrogen) atoms. The van der Waals surface area contributed by atoms with Gasteiger partial charge in [0.05, 0.1) is 18.9 Å². The maximum absolute atomic E-state index is 6.26. The molecule has 2 aliphatic heterocycles. The quantitative estimate of drug-likeness (QED) is 0.658. The number of benzene rings is 1. The first-order valence-electron chi connectivity index (χ1n) is 13.3. The molecular formula is C29H35N7O2. The van der Waals surface area contributed by atoms with Crippen LogP contribution in [0.25, 0.3) is 0 Å². The molecule has 0 saturated heterocycles. The van der Waals surface area contributed by atoms with Crippen molar-refractivity contribution in [1.82, 2.24) is 25.0 Å². The van der Waals surface area contributed by atoms with E-state index in [1.165, 1.54) is 6.33 Å². The van der Waals surface area contributed by atoms with Gasteiger partial charge in [-0.1, -0.05) is 24.3 Å². The number of nitrogens with zero attached hydrogens (tertiary/aromatic N) is 6. The van der Waals surface area contributed by atoms with E-state index in [1.54, 1.807) is 11.0 Å². The summed E-state index contributed by atoms with van der Waals surface area (Å²) in [5.41, 5.74) is 4.07. The largest absolute Gasteiger partial charge is 0.494 e. The first-order valence-corrected chi connectivity index (χ1v) is 13.3. The molecule has 0 unspecified atom stereocenters. The van der Waals surface area contributed by atoms with Gasteiger partial charge in [-0.15, -0.1) is 0 Å². The molecule has 1 aromatic heterocycles. The predicted octanol–water partition coefficient (Wildman–Crippen LogP) is 4.24. The molecule has 9 nitrogen and oxygen atoms in total. The number of aromatic nitrogens is 3. The van der Waals surface area contributed by atoms with E-state index < -0.39 is 0 Å². The van der Waals surface area contributed by atoms with Gasteiger partial charge in [-0.3, -0.25) is 0 Å². The minimum Gasteiger partial charge on any atom is -0.494 e. The summed E-state index contributed by atoms with van der Waals surface area (Å²) in [6, 6.07) is 8.18. The zero-order valence-corrected chi connectivity index (χ0v) is 21.9. The molecule has 6 bridgehead atoms. The number of aliphatic imine (C=N–C) groups is 2. The van der Waals surface area contributed by atoms with Gasteiger partial charge in [-0.25, -0.2) is 19.7 Å². The number of hydrogen-bond donors (Lipinski definition) is 1. The fourth-order valence-electron chi connectivity index (χ4n) is 4.55. The van der Waals surface area contributed by atoms with E-state index in [-0.39, 0.29) is 0 Å². The van der Waals surface area contributed by atoms with Gasteiger partial charge in [0.15, 0.2) is 0 Å². The Bertz CT molecular complexity index is 1270. The lowest BCUT2D eigenvalue weighted by molar-refractivity contribution is 0.197. The summed E-state index contributed by atoms with van der Waals surface area (Å²) in [5, 5.41) is 7.63. The van der Waals surface area contributed by atoms with Gasteiger partial charge >= 0.3 is 0 Å². The van der Waals surface area contributed by atoms with Gasteiger partial charge < -0.3 is 19.7 Å². The summed E-state index contributed by atoms with van der Waals surface area (Å²) in [4.78, 5) is 15.8. The molecular weight excluding hydrogens is 478 g/mol. The highest BCUT2D eigenvalue weighted by Gasteiger charge is 2.16. The highest BCUT2D eigenvalue weighted by Crippen LogP contribution is 2.22. The van der Waals surface area contributed by atoms with Crippen molar-refractivity contribution >= 4 is 11.7 Å². The first kappa shape index (κ1) is 25.7.